The van der Waals surface area contributed by atoms with E-state index in [0.29, 0.717) is 77.7 Å². The Morgan fingerprint density at radius 3 is 1.35 bits per heavy atom. The van der Waals surface area contributed by atoms with Crippen molar-refractivity contribution in [2.45, 2.75) is 332 Å². The minimum atomic E-state index is -1.53. The van der Waals surface area contributed by atoms with Crippen LogP contribution in [0.1, 0.15) is 278 Å². The number of carboxylic acid groups (broad SMARTS) is 1. The summed E-state index contributed by atoms with van der Waals surface area (Å²) >= 11 is 0. The monoisotopic (exact) mass is 1340 g/mol. The van der Waals surface area contributed by atoms with Gasteiger partial charge in [0.1, 0.15) is 6.04 Å². The number of quaternary nitrogens is 1. The van der Waals surface area contributed by atoms with Gasteiger partial charge in [-0.2, -0.15) is 0 Å². The molecule has 1 saturated heterocycles. The first-order chi connectivity index (χ1) is 45.6. The average molecular weight is 1340 g/mol. The molecule has 1 rings (SSSR count). The number of carboxylic acids is 1. The molecule has 10 atom stereocenters. The number of aliphatic hydroxyl groups excluding tert-OH is 4. The van der Waals surface area contributed by atoms with Crippen LogP contribution < -0.4 is 55.3 Å². The number of nitrogens with two attached hydrogens (primary N) is 5. The van der Waals surface area contributed by atoms with Crippen LogP contribution in [0.4, 0.5) is 0 Å². The number of hydrogen-bond acceptors (Lipinski definition) is 17. The molecule has 1 aliphatic rings. The van der Waals surface area contributed by atoms with Crippen molar-refractivity contribution in [3.63, 3.8) is 0 Å². The van der Waals surface area contributed by atoms with Crippen LogP contribution in [-0.4, -0.2) is 199 Å². The normalized spacial score (nSPS) is 18.0. The summed E-state index contributed by atoms with van der Waals surface area (Å²) in [5, 5.41) is 74.6. The van der Waals surface area contributed by atoms with E-state index >= 15 is 14.4 Å². The number of nitrogens with one attached hydrogen (secondary N) is 5. The molecule has 0 aliphatic carbocycles. The molecule has 20 heteroatoms. The predicted molar refractivity (Wildman–Crippen MR) is 391 cm³/mol. The van der Waals surface area contributed by atoms with Gasteiger partial charge in [-0.3, -0.25) is 15.0 Å². The van der Waals surface area contributed by atoms with Crippen molar-refractivity contribution in [1.82, 2.24) is 31.5 Å². The Morgan fingerprint density at radius 1 is 0.543 bits per heavy atom. The number of aliphatic hydroxyl groups is 4. The van der Waals surface area contributed by atoms with Crippen molar-refractivity contribution in [2.75, 3.05) is 91.6 Å². The largest absolute Gasteiger partial charge is 0.477 e. The van der Waals surface area contributed by atoms with E-state index in [1.807, 2.05) is 23.1 Å². The van der Waals surface area contributed by atoms with Gasteiger partial charge < -0.3 is 75.5 Å². The van der Waals surface area contributed by atoms with Crippen LogP contribution in [0.5, 0.6) is 0 Å². The lowest BCUT2D eigenvalue weighted by Gasteiger charge is -2.59. The van der Waals surface area contributed by atoms with Crippen LogP contribution in [0.15, 0.2) is 24.3 Å². The molecular weight excluding hydrogens is 1180 g/mol. The minimum absolute atomic E-state index is 0.0567. The van der Waals surface area contributed by atoms with Crippen LogP contribution in [0.3, 0.4) is 0 Å². The average Bonchev–Trinajstić information content (AvgIpc) is 0.737. The zero-order valence-corrected chi connectivity index (χ0v) is 60.7. The molecule has 0 aromatic carbocycles. The molecule has 1 aliphatic heterocycles. The third-order valence-corrected chi connectivity index (χ3v) is 19.9. The standard InChI is InChI=1S/C74H150N12O8/c1-5-7-9-11-13-15-17-19-21-23-25-27-29-31-33-39-56-86(72(92)67(82-53-43-48-76)46-41-49-80-50-42-47-75,57-40-34-32-30-28-26-24-22-20-18-16-14-12-10-8-6-2)68(73(93)94)58-66(70(79)91)74(69(62(3)87)83-51-37-35-44-64(89)59-77)61-81-54-55-85(74)71(63(4)88)84-52-38-36-45-65(90)60-78/h35-38,62-69,71,80-84,87-90H,5-34,39-61,75-78H2,1-4H3,(H2-,79,91,93,94)/p+1/t62?,63?,64?,65?,66?,67-,68-,69?,71?,74?/m0/s1. The summed E-state index contributed by atoms with van der Waals surface area (Å²) in [6, 6.07) is -3.15. The number of nitrogens with zero attached hydrogens (tertiary/aromatic N) is 2. The molecule has 2 amide bonds. The second kappa shape index (κ2) is 59.4. The Morgan fingerprint density at radius 2 is 0.957 bits per heavy atom. The molecule has 20 N–H and O–H groups in total. The number of carbonyl (C=O) groups is 3. The fraction of sp³-hybridized carbons (Fsp3) is 0.905. The van der Waals surface area contributed by atoms with E-state index in [4.69, 9.17) is 28.7 Å². The maximum absolute atomic E-state index is 16.6. The summed E-state index contributed by atoms with van der Waals surface area (Å²) < 4.78 is -0.378. The highest BCUT2D eigenvalue weighted by Crippen LogP contribution is 2.40. The lowest BCUT2D eigenvalue weighted by atomic mass is 9.69. The van der Waals surface area contributed by atoms with E-state index in [1.54, 1.807) is 19.9 Å². The number of hydrogen-bond donors (Lipinski definition) is 15. The molecular formula is C74H151N12O8+. The van der Waals surface area contributed by atoms with Gasteiger partial charge in [0.15, 0.2) is 6.04 Å². The summed E-state index contributed by atoms with van der Waals surface area (Å²) in [5.74, 6) is -3.51. The number of primary amides is 1. The maximum Gasteiger partial charge on any atom is 0.363 e. The highest BCUT2D eigenvalue weighted by Gasteiger charge is 2.60. The third-order valence-electron chi connectivity index (χ3n) is 19.9. The molecule has 0 bridgehead atoms. The summed E-state index contributed by atoms with van der Waals surface area (Å²) in [5.41, 5.74) is 28.7. The molecule has 0 saturated carbocycles. The summed E-state index contributed by atoms with van der Waals surface area (Å²) in [4.78, 5) is 48.7. The van der Waals surface area contributed by atoms with Crippen LogP contribution in [-0.2, 0) is 14.4 Å². The second-order valence-electron chi connectivity index (χ2n) is 27.9. The van der Waals surface area contributed by atoms with E-state index in [0.717, 1.165) is 64.3 Å². The molecule has 94 heavy (non-hydrogen) atoms. The van der Waals surface area contributed by atoms with Crippen molar-refractivity contribution in [1.29, 1.82) is 0 Å². The van der Waals surface area contributed by atoms with Gasteiger partial charge in [-0.05, 0) is 111 Å². The van der Waals surface area contributed by atoms with Crippen LogP contribution in [0, 0.1) is 5.92 Å². The quantitative estimate of drug-likeness (QED) is 0.0154. The minimum Gasteiger partial charge on any atom is -0.477 e. The van der Waals surface area contributed by atoms with E-state index < -0.39 is 72.0 Å². The Labute approximate surface area is 574 Å². The van der Waals surface area contributed by atoms with E-state index in [1.165, 1.54) is 141 Å². The van der Waals surface area contributed by atoms with Gasteiger partial charge in [0.05, 0.1) is 61.2 Å². The zero-order valence-electron chi connectivity index (χ0n) is 60.7. The van der Waals surface area contributed by atoms with E-state index in [-0.39, 0.29) is 69.2 Å². The molecule has 0 radical (unpaired) electrons. The van der Waals surface area contributed by atoms with E-state index in [2.05, 4.69) is 40.4 Å². The number of unbranched alkanes of at least 4 members (excludes halogenated alkanes) is 30. The van der Waals surface area contributed by atoms with Crippen molar-refractivity contribution >= 4 is 17.8 Å². The number of rotatable bonds is 68. The van der Waals surface area contributed by atoms with Crippen molar-refractivity contribution in [2.24, 2.45) is 34.6 Å². The highest BCUT2D eigenvalue weighted by atomic mass is 16.4. The van der Waals surface area contributed by atoms with Crippen LogP contribution in [0.2, 0.25) is 0 Å². The lowest BCUT2D eigenvalue weighted by molar-refractivity contribution is -0.873. The van der Waals surface area contributed by atoms with Crippen molar-refractivity contribution in [3.05, 3.63) is 24.3 Å². The van der Waals surface area contributed by atoms with Crippen molar-refractivity contribution in [3.8, 4) is 0 Å². The van der Waals surface area contributed by atoms with Gasteiger partial charge in [-0.15, -0.1) is 0 Å². The first-order valence-electron chi connectivity index (χ1n) is 38.7. The molecule has 0 spiro atoms. The Bertz CT molecular complexity index is 1820. The maximum atomic E-state index is 16.6. The van der Waals surface area contributed by atoms with Gasteiger partial charge in [0, 0.05) is 52.2 Å². The molecule has 20 nitrogen and oxygen atoms in total. The fourth-order valence-corrected chi connectivity index (χ4v) is 14.4. The molecule has 0 aromatic heterocycles. The van der Waals surface area contributed by atoms with Gasteiger partial charge >= 0.3 is 11.9 Å². The lowest BCUT2D eigenvalue weighted by Crippen LogP contribution is -2.80. The summed E-state index contributed by atoms with van der Waals surface area (Å²) in [7, 11) is 0. The summed E-state index contributed by atoms with van der Waals surface area (Å²) in [6.45, 7) is 12.5. The number of carbonyl (C=O) groups excluding carboxylic acids is 2. The van der Waals surface area contributed by atoms with E-state index in [9.17, 15) is 25.5 Å². The fourth-order valence-electron chi connectivity index (χ4n) is 14.4. The Balaban J connectivity index is 4.11. The number of amides is 2. The predicted octanol–water partition coefficient (Wildman–Crippen LogP) is 8.63. The third kappa shape index (κ3) is 38.7. The molecule has 0 aromatic rings. The van der Waals surface area contributed by atoms with Crippen LogP contribution in [0.25, 0.3) is 0 Å². The van der Waals surface area contributed by atoms with Crippen LogP contribution >= 0.6 is 0 Å². The first kappa shape index (κ1) is 89.5. The van der Waals surface area contributed by atoms with Crippen molar-refractivity contribution < 1.29 is 44.4 Å². The highest BCUT2D eigenvalue weighted by molar-refractivity contribution is 5.83. The summed E-state index contributed by atoms with van der Waals surface area (Å²) in [6.07, 6.45) is 43.2. The molecule has 1 heterocycles. The molecule has 8 unspecified atom stereocenters. The molecule has 1 fully saturated rings. The van der Waals surface area contributed by atoms with Gasteiger partial charge in [0.2, 0.25) is 5.91 Å². The number of piperazine rings is 1. The van der Waals surface area contributed by atoms with Gasteiger partial charge in [-0.25, -0.2) is 14.1 Å². The van der Waals surface area contributed by atoms with Gasteiger partial charge in [0.25, 0.3) is 0 Å². The van der Waals surface area contributed by atoms with Gasteiger partial charge in [-0.1, -0.05) is 218 Å². The zero-order chi connectivity index (χ0) is 69.3. The smallest absolute Gasteiger partial charge is 0.363 e. The molecule has 554 valence electrons. The topological polar surface area (TPSA) is 346 Å². The first-order valence-corrected chi connectivity index (χ1v) is 38.7. The Kier molecular flexibility index (Phi) is 56.5. The second-order valence-corrected chi connectivity index (χ2v) is 27.9. The SMILES string of the molecule is CCCCCCCCCCCCCCCCCC[N+](CCCCCCCCCCCCCCCCCC)(C(=O)[C@H](CCCNCCCN)NCCCN)[C@@H](CC(C(N)=O)C1(C(NCC=CCC(O)CN)C(C)O)CNCCN1C(NCC=CCC(O)CN)C(C)O)C(=O)O. The number of aliphatic carboxylic acids is 1. The Hall–Kier alpha value is -2.51.